The van der Waals surface area contributed by atoms with Crippen LogP contribution in [0.2, 0.25) is 0 Å². The van der Waals surface area contributed by atoms with Crippen molar-refractivity contribution in [1.29, 1.82) is 0 Å². The minimum atomic E-state index is -0.871. The van der Waals surface area contributed by atoms with Gasteiger partial charge in [-0.25, -0.2) is 14.4 Å². The monoisotopic (exact) mass is 417 g/mol. The Hall–Kier alpha value is -2.83. The summed E-state index contributed by atoms with van der Waals surface area (Å²) in [5, 5.41) is 3.41. The molecule has 0 saturated carbocycles. The predicted molar refractivity (Wildman–Crippen MR) is 115 cm³/mol. The lowest BCUT2D eigenvalue weighted by molar-refractivity contribution is -0.137. The Morgan fingerprint density at radius 1 is 1.20 bits per heavy atom. The van der Waals surface area contributed by atoms with Gasteiger partial charge in [0.2, 0.25) is 0 Å². The number of esters is 1. The molecule has 1 heterocycles. The van der Waals surface area contributed by atoms with Crippen LogP contribution in [0.1, 0.15) is 59.1 Å². The molecule has 1 N–H and O–H groups in total. The van der Waals surface area contributed by atoms with Crippen molar-refractivity contribution in [2.45, 2.75) is 73.0 Å². The summed E-state index contributed by atoms with van der Waals surface area (Å²) in [5.74, 6) is -0.185. The van der Waals surface area contributed by atoms with Gasteiger partial charge in [-0.1, -0.05) is 20.8 Å². The smallest absolute Gasteiger partial charge is 0.408 e. The fourth-order valence-corrected chi connectivity index (χ4v) is 3.13. The van der Waals surface area contributed by atoms with Crippen LogP contribution in [0.15, 0.2) is 27.4 Å². The zero-order chi connectivity index (χ0) is 22.6. The highest BCUT2D eigenvalue weighted by Crippen LogP contribution is 2.29. The standard InChI is InChI=1S/C23H31NO6/c1-8-15-12-19(25)29-20-14(4)18(10-9-16(15)20)28-21(26)17(11-13(2)3)24-22(27)30-23(5,6)7/h9-10,12-13,17H,8,11H2,1-7H3,(H,24,27)/t17-/m0/s1. The molecule has 1 atom stereocenters. The normalized spacial score (nSPS) is 12.7. The molecule has 2 rings (SSSR count). The molecule has 0 radical (unpaired) electrons. The van der Waals surface area contributed by atoms with Gasteiger partial charge in [0.1, 0.15) is 23.0 Å². The number of hydrogen-bond acceptors (Lipinski definition) is 6. The molecule has 0 bridgehead atoms. The lowest BCUT2D eigenvalue weighted by Gasteiger charge is -2.24. The molecule has 0 aliphatic rings. The summed E-state index contributed by atoms with van der Waals surface area (Å²) in [6.07, 6.45) is 0.385. The zero-order valence-corrected chi connectivity index (χ0v) is 18.8. The molecular weight excluding hydrogens is 386 g/mol. The minimum Gasteiger partial charge on any atom is -0.444 e. The van der Waals surface area contributed by atoms with Crippen molar-refractivity contribution in [2.24, 2.45) is 5.92 Å². The number of carbonyl (C=O) groups excluding carboxylic acids is 2. The van der Waals surface area contributed by atoms with Gasteiger partial charge in [0.05, 0.1) is 0 Å². The molecule has 1 aromatic carbocycles. The molecule has 0 unspecified atom stereocenters. The second-order valence-electron chi connectivity index (χ2n) is 8.76. The summed E-state index contributed by atoms with van der Waals surface area (Å²) in [7, 11) is 0. The lowest BCUT2D eigenvalue weighted by atomic mass is 10.0. The highest BCUT2D eigenvalue weighted by atomic mass is 16.6. The van der Waals surface area contributed by atoms with Crippen molar-refractivity contribution < 1.29 is 23.5 Å². The summed E-state index contributed by atoms with van der Waals surface area (Å²) in [6.45, 7) is 12.8. The summed E-state index contributed by atoms with van der Waals surface area (Å²) in [5.41, 5.74) is 0.681. The van der Waals surface area contributed by atoms with E-state index < -0.39 is 29.3 Å². The summed E-state index contributed by atoms with van der Waals surface area (Å²) >= 11 is 0. The largest absolute Gasteiger partial charge is 0.444 e. The fraction of sp³-hybridized carbons (Fsp3) is 0.522. The highest BCUT2D eigenvalue weighted by Gasteiger charge is 2.27. The van der Waals surface area contributed by atoms with E-state index in [4.69, 9.17) is 13.9 Å². The number of benzene rings is 1. The first-order chi connectivity index (χ1) is 13.9. The Morgan fingerprint density at radius 3 is 2.43 bits per heavy atom. The minimum absolute atomic E-state index is 0.139. The van der Waals surface area contributed by atoms with Crippen LogP contribution in [0.25, 0.3) is 11.0 Å². The van der Waals surface area contributed by atoms with Gasteiger partial charge in [-0.3, -0.25) is 0 Å². The third-order valence-corrected chi connectivity index (χ3v) is 4.47. The van der Waals surface area contributed by atoms with Crippen LogP contribution in [0.3, 0.4) is 0 Å². The van der Waals surface area contributed by atoms with Crippen LogP contribution < -0.4 is 15.7 Å². The van der Waals surface area contributed by atoms with Crippen molar-refractivity contribution in [2.75, 3.05) is 0 Å². The number of hydrogen-bond donors (Lipinski definition) is 1. The summed E-state index contributed by atoms with van der Waals surface area (Å²) < 4.78 is 16.2. The van der Waals surface area contributed by atoms with Gasteiger partial charge in [-0.2, -0.15) is 0 Å². The maximum Gasteiger partial charge on any atom is 0.408 e. The van der Waals surface area contributed by atoms with E-state index in [1.165, 1.54) is 6.07 Å². The maximum absolute atomic E-state index is 12.8. The number of nitrogens with one attached hydrogen (secondary N) is 1. The van der Waals surface area contributed by atoms with E-state index in [0.717, 1.165) is 10.9 Å². The van der Waals surface area contributed by atoms with E-state index in [1.807, 2.05) is 20.8 Å². The molecule has 2 aromatic rings. The van der Waals surface area contributed by atoms with E-state index in [0.29, 0.717) is 24.0 Å². The fourth-order valence-electron chi connectivity index (χ4n) is 3.13. The van der Waals surface area contributed by atoms with Crippen LogP contribution in [-0.4, -0.2) is 23.7 Å². The Kier molecular flexibility index (Phi) is 7.29. The average molecular weight is 418 g/mol. The molecule has 0 saturated heterocycles. The first-order valence-electron chi connectivity index (χ1n) is 10.2. The topological polar surface area (TPSA) is 94.8 Å². The molecule has 7 nitrogen and oxygen atoms in total. The molecule has 7 heteroatoms. The maximum atomic E-state index is 12.8. The number of ether oxygens (including phenoxy) is 2. The molecular formula is C23H31NO6. The van der Waals surface area contributed by atoms with E-state index in [1.54, 1.807) is 39.8 Å². The number of carbonyl (C=O) groups is 2. The predicted octanol–water partition coefficient (Wildman–Crippen LogP) is 4.51. The van der Waals surface area contributed by atoms with Gasteiger partial charge in [0.25, 0.3) is 0 Å². The van der Waals surface area contributed by atoms with E-state index in [9.17, 15) is 14.4 Å². The summed E-state index contributed by atoms with van der Waals surface area (Å²) in [6, 6.07) is 4.04. The second-order valence-corrected chi connectivity index (χ2v) is 8.76. The highest BCUT2D eigenvalue weighted by molar-refractivity contribution is 5.87. The van der Waals surface area contributed by atoms with Crippen molar-refractivity contribution in [3.8, 4) is 5.75 Å². The van der Waals surface area contributed by atoms with Crippen molar-refractivity contribution in [3.63, 3.8) is 0 Å². The van der Waals surface area contributed by atoms with Gasteiger partial charge in [-0.05, 0) is 64.2 Å². The van der Waals surface area contributed by atoms with Crippen LogP contribution in [0.4, 0.5) is 4.79 Å². The Labute approximate surface area is 176 Å². The van der Waals surface area contributed by atoms with E-state index >= 15 is 0 Å². The van der Waals surface area contributed by atoms with Gasteiger partial charge in [0.15, 0.2) is 0 Å². The molecule has 0 aliphatic carbocycles. The molecule has 30 heavy (non-hydrogen) atoms. The van der Waals surface area contributed by atoms with E-state index in [-0.39, 0.29) is 11.7 Å². The molecule has 164 valence electrons. The number of aryl methyl sites for hydroxylation is 2. The third kappa shape index (κ3) is 6.08. The number of fused-ring (bicyclic) bond motifs is 1. The van der Waals surface area contributed by atoms with Crippen LogP contribution in [0.5, 0.6) is 5.75 Å². The van der Waals surface area contributed by atoms with Gasteiger partial charge < -0.3 is 19.2 Å². The zero-order valence-electron chi connectivity index (χ0n) is 18.8. The lowest BCUT2D eigenvalue weighted by Crippen LogP contribution is -2.45. The van der Waals surface area contributed by atoms with Crippen LogP contribution in [0, 0.1) is 12.8 Å². The molecule has 1 aromatic heterocycles. The third-order valence-electron chi connectivity index (χ3n) is 4.47. The van der Waals surface area contributed by atoms with E-state index in [2.05, 4.69) is 5.32 Å². The quantitative estimate of drug-likeness (QED) is 0.422. The second kappa shape index (κ2) is 9.32. The van der Waals surface area contributed by atoms with Gasteiger partial charge in [-0.15, -0.1) is 0 Å². The molecule has 0 spiro atoms. The SMILES string of the molecule is CCc1cc(=O)oc2c(C)c(OC(=O)[C@H](CC(C)C)NC(=O)OC(C)(C)C)ccc12. The van der Waals surface area contributed by atoms with Gasteiger partial charge >= 0.3 is 17.7 Å². The Bertz CT molecular complexity index is 984. The van der Waals surface area contributed by atoms with Crippen molar-refractivity contribution in [3.05, 3.63) is 39.7 Å². The van der Waals surface area contributed by atoms with Crippen molar-refractivity contribution >= 4 is 23.0 Å². The van der Waals surface area contributed by atoms with Crippen molar-refractivity contribution in [1.82, 2.24) is 5.32 Å². The number of amides is 1. The molecule has 1 amide bonds. The van der Waals surface area contributed by atoms with Crippen LogP contribution in [-0.2, 0) is 16.0 Å². The summed E-state index contributed by atoms with van der Waals surface area (Å²) in [4.78, 5) is 36.9. The first kappa shape index (κ1) is 23.4. The van der Waals surface area contributed by atoms with Crippen LogP contribution >= 0.6 is 0 Å². The molecule has 0 aliphatic heterocycles. The molecule has 0 fully saturated rings. The van der Waals surface area contributed by atoms with Gasteiger partial charge in [0, 0.05) is 17.0 Å². The first-order valence-corrected chi connectivity index (χ1v) is 10.2. The average Bonchev–Trinajstić information content (AvgIpc) is 2.61. The Morgan fingerprint density at radius 2 is 1.87 bits per heavy atom. The Balaban J connectivity index is 2.30. The number of alkyl carbamates (subject to hydrolysis) is 1. The number of rotatable bonds is 6.